The van der Waals surface area contributed by atoms with E-state index in [0.29, 0.717) is 13.0 Å². The lowest BCUT2D eigenvalue weighted by Crippen LogP contribution is -2.45. The fourth-order valence-corrected chi connectivity index (χ4v) is 1.87. The van der Waals surface area contributed by atoms with E-state index in [0.717, 1.165) is 6.42 Å². The summed E-state index contributed by atoms with van der Waals surface area (Å²) in [7, 11) is 0. The lowest BCUT2D eigenvalue weighted by molar-refractivity contribution is -0.122. The summed E-state index contributed by atoms with van der Waals surface area (Å²) in [5, 5.41) is 3.06. The van der Waals surface area contributed by atoms with Crippen molar-refractivity contribution in [2.24, 2.45) is 5.73 Å². The summed E-state index contributed by atoms with van der Waals surface area (Å²) in [4.78, 5) is 11.7. The smallest absolute Gasteiger partial charge is 0.220 e. The molecule has 19 heavy (non-hydrogen) atoms. The van der Waals surface area contributed by atoms with Crippen molar-refractivity contribution >= 4 is 18.3 Å². The maximum Gasteiger partial charge on any atom is 0.220 e. The van der Waals surface area contributed by atoms with E-state index in [4.69, 9.17) is 5.73 Å². The van der Waals surface area contributed by atoms with Gasteiger partial charge >= 0.3 is 0 Å². The van der Waals surface area contributed by atoms with Gasteiger partial charge < -0.3 is 11.1 Å². The van der Waals surface area contributed by atoms with Crippen molar-refractivity contribution in [1.82, 2.24) is 5.32 Å². The lowest BCUT2D eigenvalue weighted by atomic mass is 9.78. The van der Waals surface area contributed by atoms with Gasteiger partial charge in [-0.05, 0) is 25.5 Å². The van der Waals surface area contributed by atoms with Gasteiger partial charge in [-0.3, -0.25) is 4.79 Å². The van der Waals surface area contributed by atoms with Crippen molar-refractivity contribution in [3.05, 3.63) is 35.9 Å². The van der Waals surface area contributed by atoms with Gasteiger partial charge in [0.25, 0.3) is 0 Å². The second-order valence-corrected chi connectivity index (χ2v) is 5.27. The highest BCUT2D eigenvalue weighted by Gasteiger charge is 2.28. The van der Waals surface area contributed by atoms with Crippen molar-refractivity contribution in [3.63, 3.8) is 0 Å². The zero-order valence-electron chi connectivity index (χ0n) is 12.0. The van der Waals surface area contributed by atoms with Gasteiger partial charge in [0.1, 0.15) is 0 Å². The quantitative estimate of drug-likeness (QED) is 0.844. The molecule has 3 N–H and O–H groups in total. The normalized spacial score (nSPS) is 12.4. The molecule has 0 aromatic heterocycles. The number of carbonyl (C=O) groups excluding carboxylic acids is 1. The van der Waals surface area contributed by atoms with E-state index in [1.54, 1.807) is 0 Å². The highest BCUT2D eigenvalue weighted by Crippen LogP contribution is 2.26. The fraction of sp³-hybridized carbons (Fsp3) is 0.533. The molecule has 0 aliphatic heterocycles. The number of carbonyl (C=O) groups is 1. The van der Waals surface area contributed by atoms with Gasteiger partial charge in [-0.1, -0.05) is 44.2 Å². The van der Waals surface area contributed by atoms with Gasteiger partial charge in [-0.15, -0.1) is 12.4 Å². The molecule has 0 bridgehead atoms. The summed E-state index contributed by atoms with van der Waals surface area (Å²) in [6.45, 7) is 6.91. The molecule has 3 nitrogen and oxygen atoms in total. The number of hydrogen-bond donors (Lipinski definition) is 2. The van der Waals surface area contributed by atoms with Crippen molar-refractivity contribution in [2.45, 2.75) is 45.1 Å². The number of benzene rings is 1. The van der Waals surface area contributed by atoms with Gasteiger partial charge in [0.05, 0.1) is 0 Å². The summed E-state index contributed by atoms with van der Waals surface area (Å²) in [5.74, 6) is 0.0805. The first-order chi connectivity index (χ1) is 8.48. The third-order valence-corrected chi connectivity index (χ3v) is 3.59. The van der Waals surface area contributed by atoms with Crippen LogP contribution in [0.1, 0.15) is 39.2 Å². The maximum atomic E-state index is 11.7. The summed E-state index contributed by atoms with van der Waals surface area (Å²) in [6, 6.07) is 10.3. The first kappa shape index (κ1) is 17.9. The monoisotopic (exact) mass is 284 g/mol. The number of amides is 1. The van der Waals surface area contributed by atoms with Crippen LogP contribution in [0, 0.1) is 0 Å². The molecule has 0 aliphatic rings. The molecule has 1 unspecified atom stereocenters. The van der Waals surface area contributed by atoms with Gasteiger partial charge in [0.15, 0.2) is 0 Å². The van der Waals surface area contributed by atoms with E-state index in [1.807, 2.05) is 25.1 Å². The van der Waals surface area contributed by atoms with Crippen LogP contribution in [0.4, 0.5) is 0 Å². The second kappa shape index (κ2) is 8.18. The number of rotatable bonds is 6. The number of nitrogens with one attached hydrogen (secondary N) is 1. The molecule has 0 aliphatic carbocycles. The largest absolute Gasteiger partial charge is 0.353 e. The highest BCUT2D eigenvalue weighted by atomic mass is 35.5. The highest BCUT2D eigenvalue weighted by molar-refractivity contribution is 5.85. The van der Waals surface area contributed by atoms with E-state index in [1.165, 1.54) is 5.56 Å². The molecule has 0 radical (unpaired) electrons. The first-order valence-corrected chi connectivity index (χ1v) is 6.53. The molecule has 1 rings (SSSR count). The van der Waals surface area contributed by atoms with Gasteiger partial charge in [0, 0.05) is 17.9 Å². The molecule has 1 aromatic rings. The SMILES string of the molecule is CC(NC(=O)CCCN)C(C)(C)c1ccccc1.Cl. The average molecular weight is 285 g/mol. The van der Waals surface area contributed by atoms with Crippen LogP contribution in [-0.4, -0.2) is 18.5 Å². The fourth-order valence-electron chi connectivity index (χ4n) is 1.87. The first-order valence-electron chi connectivity index (χ1n) is 6.53. The van der Waals surface area contributed by atoms with Crippen LogP contribution in [0.3, 0.4) is 0 Å². The Bertz CT molecular complexity index is 379. The van der Waals surface area contributed by atoms with E-state index >= 15 is 0 Å². The minimum absolute atomic E-state index is 0. The van der Waals surface area contributed by atoms with E-state index in [2.05, 4.69) is 31.3 Å². The minimum Gasteiger partial charge on any atom is -0.353 e. The number of halogens is 1. The second-order valence-electron chi connectivity index (χ2n) is 5.27. The standard InChI is InChI=1S/C15H24N2O.ClH/c1-12(17-14(18)10-7-11-16)15(2,3)13-8-5-4-6-9-13;/h4-6,8-9,12H,7,10-11,16H2,1-3H3,(H,17,18);1H. The van der Waals surface area contributed by atoms with Gasteiger partial charge in [-0.25, -0.2) is 0 Å². The Morgan fingerprint density at radius 1 is 1.32 bits per heavy atom. The van der Waals surface area contributed by atoms with Crippen LogP contribution in [0.2, 0.25) is 0 Å². The topological polar surface area (TPSA) is 55.1 Å². The van der Waals surface area contributed by atoms with Crippen LogP contribution in [0.25, 0.3) is 0 Å². The Balaban J connectivity index is 0.00000324. The molecule has 1 amide bonds. The Morgan fingerprint density at radius 2 is 1.89 bits per heavy atom. The van der Waals surface area contributed by atoms with Crippen molar-refractivity contribution < 1.29 is 4.79 Å². The van der Waals surface area contributed by atoms with Crippen molar-refractivity contribution in [3.8, 4) is 0 Å². The number of nitrogens with two attached hydrogens (primary N) is 1. The number of hydrogen-bond acceptors (Lipinski definition) is 2. The summed E-state index contributed by atoms with van der Waals surface area (Å²) >= 11 is 0. The molecule has 1 aromatic carbocycles. The Hall–Kier alpha value is -1.06. The molecule has 0 fully saturated rings. The van der Waals surface area contributed by atoms with Crippen LogP contribution in [-0.2, 0) is 10.2 Å². The molecule has 4 heteroatoms. The van der Waals surface area contributed by atoms with Crippen LogP contribution in [0.5, 0.6) is 0 Å². The molecule has 0 saturated heterocycles. The van der Waals surface area contributed by atoms with Crippen molar-refractivity contribution in [1.29, 1.82) is 0 Å². The van der Waals surface area contributed by atoms with Crippen LogP contribution in [0.15, 0.2) is 30.3 Å². The molecular weight excluding hydrogens is 260 g/mol. The van der Waals surface area contributed by atoms with Gasteiger partial charge in [-0.2, -0.15) is 0 Å². The molecule has 0 spiro atoms. The predicted molar refractivity (Wildman–Crippen MR) is 82.6 cm³/mol. The van der Waals surface area contributed by atoms with E-state index < -0.39 is 0 Å². The van der Waals surface area contributed by atoms with Crippen LogP contribution >= 0.6 is 12.4 Å². The molecular formula is C15H25ClN2O. The van der Waals surface area contributed by atoms with Crippen molar-refractivity contribution in [2.75, 3.05) is 6.54 Å². The summed E-state index contributed by atoms with van der Waals surface area (Å²) in [5.41, 5.74) is 6.55. The van der Waals surface area contributed by atoms with Crippen LogP contribution < -0.4 is 11.1 Å². The average Bonchev–Trinajstić information content (AvgIpc) is 2.37. The Morgan fingerprint density at radius 3 is 2.42 bits per heavy atom. The predicted octanol–water partition coefficient (Wildman–Crippen LogP) is 2.63. The maximum absolute atomic E-state index is 11.7. The molecule has 0 heterocycles. The zero-order valence-corrected chi connectivity index (χ0v) is 12.8. The van der Waals surface area contributed by atoms with E-state index in [-0.39, 0.29) is 29.8 Å². The minimum atomic E-state index is -0.0837. The van der Waals surface area contributed by atoms with Gasteiger partial charge in [0.2, 0.25) is 5.91 Å². The summed E-state index contributed by atoms with van der Waals surface area (Å²) < 4.78 is 0. The Kier molecular flexibility index (Phi) is 7.72. The molecule has 0 saturated carbocycles. The molecule has 1 atom stereocenters. The van der Waals surface area contributed by atoms with E-state index in [9.17, 15) is 4.79 Å². The zero-order chi connectivity index (χ0) is 13.6. The Labute approximate surface area is 122 Å². The lowest BCUT2D eigenvalue weighted by Gasteiger charge is -2.33. The molecule has 108 valence electrons. The third-order valence-electron chi connectivity index (χ3n) is 3.59. The summed E-state index contributed by atoms with van der Waals surface area (Å²) in [6.07, 6.45) is 1.25. The third kappa shape index (κ3) is 5.21.